The molecule has 0 fully saturated rings. The molecule has 0 bridgehead atoms. The number of nitrogens with zero attached hydrogens (tertiary/aromatic N) is 2. The molecule has 0 saturated heterocycles. The largest absolute Gasteiger partial charge is 0.447 e. The van der Waals surface area contributed by atoms with Gasteiger partial charge in [-0.3, -0.25) is 19.4 Å². The fraction of sp³-hybridized carbons (Fsp3) is 0.500. The van der Waals surface area contributed by atoms with Gasteiger partial charge in [0.2, 0.25) is 0 Å². The monoisotopic (exact) mass is 258 g/mol. The number of rotatable bonds is 5. The molecule has 1 atom stereocenters. The SMILES string of the molecule is CN(CN1C(=O)C=CC1=O)C(=O)OCC(O)CO. The Kier molecular flexibility index (Phi) is 4.81. The van der Waals surface area contributed by atoms with E-state index in [2.05, 4.69) is 4.74 Å². The summed E-state index contributed by atoms with van der Waals surface area (Å²) in [4.78, 5) is 35.7. The molecule has 1 heterocycles. The molecule has 18 heavy (non-hydrogen) atoms. The Labute approximate surface area is 103 Å². The summed E-state index contributed by atoms with van der Waals surface area (Å²) < 4.78 is 4.64. The van der Waals surface area contributed by atoms with E-state index in [1.807, 2.05) is 0 Å². The van der Waals surface area contributed by atoms with E-state index < -0.39 is 30.6 Å². The van der Waals surface area contributed by atoms with E-state index in [4.69, 9.17) is 10.2 Å². The Morgan fingerprint density at radius 1 is 1.44 bits per heavy atom. The van der Waals surface area contributed by atoms with Gasteiger partial charge < -0.3 is 14.9 Å². The van der Waals surface area contributed by atoms with E-state index in [0.29, 0.717) is 0 Å². The molecule has 1 unspecified atom stereocenters. The Morgan fingerprint density at radius 2 is 2.00 bits per heavy atom. The van der Waals surface area contributed by atoms with E-state index in [1.54, 1.807) is 0 Å². The minimum absolute atomic E-state index is 0.237. The molecule has 0 aliphatic carbocycles. The van der Waals surface area contributed by atoms with E-state index in [1.165, 1.54) is 7.05 Å². The smallest absolute Gasteiger partial charge is 0.411 e. The zero-order valence-corrected chi connectivity index (χ0v) is 9.78. The first-order valence-electron chi connectivity index (χ1n) is 5.16. The van der Waals surface area contributed by atoms with Crippen molar-refractivity contribution in [3.63, 3.8) is 0 Å². The Balaban J connectivity index is 2.40. The first-order valence-corrected chi connectivity index (χ1v) is 5.16. The van der Waals surface area contributed by atoms with E-state index in [-0.39, 0.29) is 13.3 Å². The molecule has 2 N–H and O–H groups in total. The van der Waals surface area contributed by atoms with Gasteiger partial charge in [0, 0.05) is 19.2 Å². The number of hydrogen-bond acceptors (Lipinski definition) is 6. The van der Waals surface area contributed by atoms with Crippen molar-refractivity contribution in [3.05, 3.63) is 12.2 Å². The van der Waals surface area contributed by atoms with Gasteiger partial charge in [0.25, 0.3) is 11.8 Å². The van der Waals surface area contributed by atoms with Crippen molar-refractivity contribution in [1.82, 2.24) is 9.80 Å². The average Bonchev–Trinajstić information content (AvgIpc) is 2.66. The van der Waals surface area contributed by atoms with Gasteiger partial charge >= 0.3 is 6.09 Å². The molecule has 100 valence electrons. The number of ether oxygens (including phenoxy) is 1. The predicted molar refractivity (Wildman–Crippen MR) is 58.1 cm³/mol. The number of aliphatic hydroxyl groups is 2. The molecule has 0 aromatic carbocycles. The molecule has 0 radical (unpaired) electrons. The molecule has 8 nitrogen and oxygen atoms in total. The summed E-state index contributed by atoms with van der Waals surface area (Å²) in [7, 11) is 1.34. The average molecular weight is 258 g/mol. The number of imide groups is 1. The molecule has 0 aromatic heterocycles. The second-order valence-corrected chi connectivity index (χ2v) is 3.69. The molecule has 1 rings (SSSR count). The maximum atomic E-state index is 11.4. The quantitative estimate of drug-likeness (QED) is 0.569. The molecule has 1 aliphatic rings. The maximum Gasteiger partial charge on any atom is 0.411 e. The van der Waals surface area contributed by atoms with Gasteiger partial charge in [-0.15, -0.1) is 0 Å². The summed E-state index contributed by atoms with van der Waals surface area (Å²) >= 11 is 0. The molecular weight excluding hydrogens is 244 g/mol. The molecule has 3 amide bonds. The summed E-state index contributed by atoms with van der Waals surface area (Å²) in [6, 6.07) is 0. The van der Waals surface area contributed by atoms with Gasteiger partial charge in [-0.25, -0.2) is 4.79 Å². The lowest BCUT2D eigenvalue weighted by Gasteiger charge is -2.22. The molecule has 8 heteroatoms. The van der Waals surface area contributed by atoms with Crippen LogP contribution in [0.5, 0.6) is 0 Å². The Morgan fingerprint density at radius 3 is 2.50 bits per heavy atom. The molecule has 1 aliphatic heterocycles. The first kappa shape index (κ1) is 14.1. The zero-order chi connectivity index (χ0) is 13.7. The van der Waals surface area contributed by atoms with E-state index in [0.717, 1.165) is 22.0 Å². The van der Waals surface area contributed by atoms with E-state index >= 15 is 0 Å². The van der Waals surface area contributed by atoms with Crippen molar-refractivity contribution < 1.29 is 29.3 Å². The van der Waals surface area contributed by atoms with Crippen LogP contribution >= 0.6 is 0 Å². The number of aliphatic hydroxyl groups excluding tert-OH is 2. The minimum atomic E-state index is -1.15. The highest BCUT2D eigenvalue weighted by molar-refractivity contribution is 6.12. The van der Waals surface area contributed by atoms with Crippen molar-refractivity contribution in [2.45, 2.75) is 6.10 Å². The highest BCUT2D eigenvalue weighted by Gasteiger charge is 2.26. The fourth-order valence-corrected chi connectivity index (χ4v) is 1.17. The van der Waals surface area contributed by atoms with Gasteiger partial charge in [0.15, 0.2) is 0 Å². The van der Waals surface area contributed by atoms with Gasteiger partial charge in [-0.2, -0.15) is 0 Å². The summed E-state index contributed by atoms with van der Waals surface area (Å²) in [5.41, 5.74) is 0. The highest BCUT2D eigenvalue weighted by atomic mass is 16.6. The molecule has 0 aromatic rings. The van der Waals surface area contributed by atoms with Crippen molar-refractivity contribution in [2.24, 2.45) is 0 Å². The first-order chi connectivity index (χ1) is 8.45. The number of carbonyl (C=O) groups is 3. The lowest BCUT2D eigenvalue weighted by molar-refractivity contribution is -0.138. The summed E-state index contributed by atoms with van der Waals surface area (Å²) in [5, 5.41) is 17.5. The third kappa shape index (κ3) is 3.54. The number of amides is 3. The molecule has 0 saturated carbocycles. The zero-order valence-electron chi connectivity index (χ0n) is 9.78. The van der Waals surface area contributed by atoms with Crippen molar-refractivity contribution in [1.29, 1.82) is 0 Å². The van der Waals surface area contributed by atoms with Crippen LogP contribution < -0.4 is 0 Å². The normalized spacial score (nSPS) is 16.1. The second-order valence-electron chi connectivity index (χ2n) is 3.69. The van der Waals surface area contributed by atoms with Crippen molar-refractivity contribution in [2.75, 3.05) is 26.9 Å². The van der Waals surface area contributed by atoms with Crippen LogP contribution in [-0.2, 0) is 14.3 Å². The summed E-state index contributed by atoms with van der Waals surface area (Å²) in [6.07, 6.45) is 0.252. The van der Waals surface area contributed by atoms with Gasteiger partial charge in [0.05, 0.1) is 6.61 Å². The van der Waals surface area contributed by atoms with Gasteiger partial charge in [-0.05, 0) is 0 Å². The summed E-state index contributed by atoms with van der Waals surface area (Å²) in [5.74, 6) is -1.01. The van der Waals surface area contributed by atoms with E-state index in [9.17, 15) is 14.4 Å². The van der Waals surface area contributed by atoms with Crippen LogP contribution in [0.15, 0.2) is 12.2 Å². The lowest BCUT2D eigenvalue weighted by atomic mass is 10.4. The van der Waals surface area contributed by atoms with Gasteiger partial charge in [0.1, 0.15) is 19.4 Å². The third-order valence-corrected chi connectivity index (χ3v) is 2.18. The van der Waals surface area contributed by atoms with Crippen LogP contribution in [0.3, 0.4) is 0 Å². The lowest BCUT2D eigenvalue weighted by Crippen LogP contribution is -2.43. The highest BCUT2D eigenvalue weighted by Crippen LogP contribution is 2.05. The van der Waals surface area contributed by atoms with Crippen LogP contribution in [0.2, 0.25) is 0 Å². The van der Waals surface area contributed by atoms with Crippen LogP contribution in [-0.4, -0.2) is 71.0 Å². The standard InChI is InChI=1S/C10H14N2O6/c1-11(10(17)18-5-7(14)4-13)6-12-8(15)2-3-9(12)16/h2-3,7,13-14H,4-6H2,1H3. The van der Waals surface area contributed by atoms with Crippen LogP contribution in [0.4, 0.5) is 4.79 Å². The van der Waals surface area contributed by atoms with Crippen molar-refractivity contribution in [3.8, 4) is 0 Å². The van der Waals surface area contributed by atoms with Crippen LogP contribution in [0.1, 0.15) is 0 Å². The summed E-state index contributed by atoms with van der Waals surface area (Å²) in [6.45, 7) is -1.12. The molecule has 0 spiro atoms. The number of hydrogen-bond donors (Lipinski definition) is 2. The van der Waals surface area contributed by atoms with Crippen molar-refractivity contribution >= 4 is 17.9 Å². The minimum Gasteiger partial charge on any atom is -0.447 e. The maximum absolute atomic E-state index is 11.4. The fourth-order valence-electron chi connectivity index (χ4n) is 1.17. The molecular formula is C10H14N2O6. The number of carbonyl (C=O) groups excluding carboxylic acids is 3. The van der Waals surface area contributed by atoms with Gasteiger partial charge in [-0.1, -0.05) is 0 Å². The van der Waals surface area contributed by atoms with Crippen LogP contribution in [0, 0.1) is 0 Å². The Hall–Kier alpha value is -1.93. The second kappa shape index (κ2) is 6.12. The van der Waals surface area contributed by atoms with Crippen LogP contribution in [0.25, 0.3) is 0 Å². The Bertz CT molecular complexity index is 363. The third-order valence-electron chi connectivity index (χ3n) is 2.18. The topological polar surface area (TPSA) is 107 Å². The predicted octanol–water partition coefficient (Wildman–Crippen LogP) is -1.71.